The molecule has 2 aromatic carbocycles. The first kappa shape index (κ1) is 20.0. The van der Waals surface area contributed by atoms with Gasteiger partial charge in [-0.3, -0.25) is 19.7 Å². The molecule has 1 aliphatic rings. The average molecular weight is 398 g/mol. The number of nitrogens with zero attached hydrogens (tertiary/aromatic N) is 2. The summed E-state index contributed by atoms with van der Waals surface area (Å²) < 4.78 is 5.01. The van der Waals surface area contributed by atoms with Crippen molar-refractivity contribution in [3.63, 3.8) is 0 Å². The van der Waals surface area contributed by atoms with E-state index in [2.05, 4.69) is 0 Å². The Hall–Kier alpha value is -3.72. The van der Waals surface area contributed by atoms with Crippen molar-refractivity contribution in [2.24, 2.45) is 0 Å². The van der Waals surface area contributed by atoms with Crippen LogP contribution in [0.1, 0.15) is 17.2 Å². The number of phenolic OH excluding ortho intramolecular Hbond substituents is 1. The van der Waals surface area contributed by atoms with Gasteiger partial charge in [0.2, 0.25) is 0 Å². The fraction of sp³-hybridized carbons (Fsp3) is 0.200. The third-order valence-corrected chi connectivity index (χ3v) is 4.59. The summed E-state index contributed by atoms with van der Waals surface area (Å²) in [5.41, 5.74) is -0.0323. The van der Waals surface area contributed by atoms with Crippen molar-refractivity contribution >= 4 is 23.1 Å². The van der Waals surface area contributed by atoms with E-state index in [1.54, 1.807) is 12.1 Å². The molecular weight excluding hydrogens is 380 g/mol. The van der Waals surface area contributed by atoms with Crippen LogP contribution in [-0.2, 0) is 14.3 Å². The van der Waals surface area contributed by atoms with Gasteiger partial charge >= 0.3 is 0 Å². The Morgan fingerprint density at radius 2 is 1.93 bits per heavy atom. The number of methoxy groups -OCH3 is 1. The van der Waals surface area contributed by atoms with Crippen LogP contribution >= 0.6 is 0 Å². The van der Waals surface area contributed by atoms with E-state index in [0.29, 0.717) is 5.56 Å². The summed E-state index contributed by atoms with van der Waals surface area (Å²) in [5.74, 6) is -2.35. The van der Waals surface area contributed by atoms with Crippen molar-refractivity contribution in [1.29, 1.82) is 0 Å². The lowest BCUT2D eigenvalue weighted by atomic mass is 9.95. The molecule has 0 saturated carbocycles. The Labute approximate surface area is 165 Å². The summed E-state index contributed by atoms with van der Waals surface area (Å²) in [6, 6.07) is 10.2. The second-order valence-electron chi connectivity index (χ2n) is 6.39. The predicted molar refractivity (Wildman–Crippen MR) is 102 cm³/mol. The molecule has 1 saturated heterocycles. The fourth-order valence-corrected chi connectivity index (χ4v) is 3.26. The molecule has 1 aliphatic heterocycles. The topological polar surface area (TPSA) is 130 Å². The molecule has 9 nitrogen and oxygen atoms in total. The summed E-state index contributed by atoms with van der Waals surface area (Å²) in [6.45, 7) is 0.228. The van der Waals surface area contributed by atoms with E-state index in [4.69, 9.17) is 4.74 Å². The number of ketones is 1. The summed E-state index contributed by atoms with van der Waals surface area (Å²) in [7, 11) is 1.45. The van der Waals surface area contributed by atoms with Crippen molar-refractivity contribution < 1.29 is 29.5 Å². The van der Waals surface area contributed by atoms with Gasteiger partial charge in [-0.05, 0) is 17.7 Å². The number of ether oxygens (including phenoxy) is 1. The second-order valence-corrected chi connectivity index (χ2v) is 6.39. The van der Waals surface area contributed by atoms with Crippen LogP contribution in [0.25, 0.3) is 5.76 Å². The van der Waals surface area contributed by atoms with Gasteiger partial charge in [0, 0.05) is 31.4 Å². The number of non-ortho nitro benzene ring substituents is 1. The molecule has 150 valence electrons. The number of amides is 1. The molecule has 1 atom stereocenters. The number of rotatable bonds is 6. The first-order chi connectivity index (χ1) is 13.8. The average Bonchev–Trinajstić information content (AvgIpc) is 2.96. The maximum Gasteiger partial charge on any atom is 0.295 e. The minimum absolute atomic E-state index is 0.0362. The number of carbonyl (C=O) groups excluding carboxylic acids is 2. The lowest BCUT2D eigenvalue weighted by molar-refractivity contribution is -0.384. The maximum absolute atomic E-state index is 12.7. The molecular formula is C20H18N2O7. The number of benzene rings is 2. The van der Waals surface area contributed by atoms with Gasteiger partial charge in [-0.25, -0.2) is 0 Å². The van der Waals surface area contributed by atoms with Crippen LogP contribution in [0.2, 0.25) is 0 Å². The third kappa shape index (κ3) is 3.81. The number of Topliss-reactive ketones (excluding diaryl/α,β-unsaturated/α-hetero) is 1. The van der Waals surface area contributed by atoms with Gasteiger partial charge in [-0.2, -0.15) is 0 Å². The molecule has 1 heterocycles. The Balaban J connectivity index is 2.19. The smallest absolute Gasteiger partial charge is 0.295 e. The first-order valence-corrected chi connectivity index (χ1v) is 8.66. The van der Waals surface area contributed by atoms with Gasteiger partial charge < -0.3 is 19.8 Å². The number of nitro groups is 1. The molecule has 0 aromatic heterocycles. The van der Waals surface area contributed by atoms with Crippen molar-refractivity contribution in [3.05, 3.63) is 75.3 Å². The van der Waals surface area contributed by atoms with Gasteiger partial charge in [0.1, 0.15) is 11.5 Å². The van der Waals surface area contributed by atoms with Gasteiger partial charge in [0.15, 0.2) is 0 Å². The molecule has 1 fully saturated rings. The number of nitro benzene ring substituents is 1. The highest BCUT2D eigenvalue weighted by atomic mass is 16.6. The Morgan fingerprint density at radius 1 is 1.21 bits per heavy atom. The van der Waals surface area contributed by atoms with Gasteiger partial charge in [-0.1, -0.05) is 24.3 Å². The molecule has 0 spiro atoms. The van der Waals surface area contributed by atoms with E-state index in [1.165, 1.54) is 42.3 Å². The summed E-state index contributed by atoms with van der Waals surface area (Å²) in [6.07, 6.45) is 0. The largest absolute Gasteiger partial charge is 0.508 e. The number of aliphatic hydroxyl groups excluding tert-OH is 1. The standard InChI is InChI=1S/C20H18N2O7/c1-29-9-8-21-17(12-4-3-7-15(23)11-12)16(19(25)20(21)26)18(24)13-5-2-6-14(10-13)22(27)28/h2-7,10-11,17,23-24H,8-9H2,1H3/b18-16-. The van der Waals surface area contributed by atoms with E-state index >= 15 is 0 Å². The number of aliphatic hydroxyl groups is 1. The van der Waals surface area contributed by atoms with E-state index < -0.39 is 28.4 Å². The van der Waals surface area contributed by atoms with Crippen molar-refractivity contribution in [1.82, 2.24) is 4.90 Å². The number of aromatic hydroxyl groups is 1. The number of phenols is 1. The van der Waals surface area contributed by atoms with E-state index in [9.17, 15) is 29.9 Å². The van der Waals surface area contributed by atoms with E-state index in [-0.39, 0.29) is 35.7 Å². The van der Waals surface area contributed by atoms with Crippen LogP contribution in [0.15, 0.2) is 54.1 Å². The molecule has 3 rings (SSSR count). The van der Waals surface area contributed by atoms with Gasteiger partial charge in [0.05, 0.1) is 23.1 Å². The highest BCUT2D eigenvalue weighted by Gasteiger charge is 2.46. The van der Waals surface area contributed by atoms with Gasteiger partial charge in [-0.15, -0.1) is 0 Å². The van der Waals surface area contributed by atoms with Crippen LogP contribution < -0.4 is 0 Å². The molecule has 29 heavy (non-hydrogen) atoms. The maximum atomic E-state index is 12.7. The minimum Gasteiger partial charge on any atom is -0.508 e. The van der Waals surface area contributed by atoms with Crippen molar-refractivity contribution in [3.8, 4) is 5.75 Å². The second kappa shape index (κ2) is 8.11. The van der Waals surface area contributed by atoms with Crippen LogP contribution in [-0.4, -0.2) is 52.0 Å². The Morgan fingerprint density at radius 3 is 2.59 bits per heavy atom. The lowest BCUT2D eigenvalue weighted by Gasteiger charge is -2.25. The number of hydrogen-bond donors (Lipinski definition) is 2. The molecule has 1 unspecified atom stereocenters. The van der Waals surface area contributed by atoms with Crippen LogP contribution in [0, 0.1) is 10.1 Å². The van der Waals surface area contributed by atoms with E-state index in [1.807, 2.05) is 0 Å². The summed E-state index contributed by atoms with van der Waals surface area (Å²) >= 11 is 0. The first-order valence-electron chi connectivity index (χ1n) is 8.66. The SMILES string of the molecule is COCCN1C(=O)C(=O)/C(=C(\O)c2cccc([N+](=O)[O-])c2)C1c1cccc(O)c1. The summed E-state index contributed by atoms with van der Waals surface area (Å²) in [4.78, 5) is 37.0. The zero-order valence-corrected chi connectivity index (χ0v) is 15.4. The summed E-state index contributed by atoms with van der Waals surface area (Å²) in [5, 5.41) is 31.7. The molecule has 0 radical (unpaired) electrons. The predicted octanol–water partition coefficient (Wildman–Crippen LogP) is 2.37. The van der Waals surface area contributed by atoms with Crippen LogP contribution in [0.3, 0.4) is 0 Å². The molecule has 1 amide bonds. The molecule has 9 heteroatoms. The number of likely N-dealkylation sites (tertiary alicyclic amines) is 1. The monoisotopic (exact) mass is 398 g/mol. The fourth-order valence-electron chi connectivity index (χ4n) is 3.26. The van der Waals surface area contributed by atoms with Crippen LogP contribution in [0.5, 0.6) is 5.75 Å². The molecule has 0 bridgehead atoms. The quantitative estimate of drug-likeness (QED) is 0.251. The Bertz CT molecular complexity index is 1020. The zero-order chi connectivity index (χ0) is 21.1. The van der Waals surface area contributed by atoms with Gasteiger partial charge in [0.25, 0.3) is 17.4 Å². The lowest BCUT2D eigenvalue weighted by Crippen LogP contribution is -2.32. The van der Waals surface area contributed by atoms with Crippen molar-refractivity contribution in [2.45, 2.75) is 6.04 Å². The number of hydrogen-bond acceptors (Lipinski definition) is 7. The Kier molecular flexibility index (Phi) is 5.60. The zero-order valence-electron chi connectivity index (χ0n) is 15.4. The van der Waals surface area contributed by atoms with E-state index in [0.717, 1.165) is 6.07 Å². The highest BCUT2D eigenvalue weighted by Crippen LogP contribution is 2.40. The molecule has 2 aromatic rings. The van der Waals surface area contributed by atoms with Crippen molar-refractivity contribution in [2.75, 3.05) is 20.3 Å². The molecule has 2 N–H and O–H groups in total. The number of carbonyl (C=O) groups is 2. The third-order valence-electron chi connectivity index (χ3n) is 4.59. The molecule has 0 aliphatic carbocycles. The normalized spacial score (nSPS) is 18.2. The highest BCUT2D eigenvalue weighted by molar-refractivity contribution is 6.46. The van der Waals surface area contributed by atoms with Crippen LogP contribution in [0.4, 0.5) is 5.69 Å². The minimum atomic E-state index is -0.975.